The molecule has 4 aromatic rings. The predicted octanol–water partition coefficient (Wildman–Crippen LogP) is 7.79. The van der Waals surface area contributed by atoms with Crippen LogP contribution in [0.3, 0.4) is 0 Å². The summed E-state index contributed by atoms with van der Waals surface area (Å²) in [6.07, 6.45) is 5.38. The van der Waals surface area contributed by atoms with E-state index in [9.17, 15) is 47.1 Å². The van der Waals surface area contributed by atoms with Gasteiger partial charge >= 0.3 is 12.1 Å². The monoisotopic (exact) mass is 1170 g/mol. The molecule has 0 aliphatic carbocycles. The van der Waals surface area contributed by atoms with Crippen molar-refractivity contribution in [1.82, 2.24) is 40.2 Å². The predicted molar refractivity (Wildman–Crippen MR) is 305 cm³/mol. The number of alkyl halides is 1. The molecule has 1 aromatic heterocycles. The molecule has 19 nitrogen and oxygen atoms in total. The van der Waals surface area contributed by atoms with Crippen molar-refractivity contribution >= 4 is 65.0 Å². The Morgan fingerprint density at radius 3 is 2.23 bits per heavy atom. The number of nitrogens with two attached hydrogens (primary N) is 1. The van der Waals surface area contributed by atoms with Gasteiger partial charge in [-0.25, -0.2) is 32.1 Å². The van der Waals surface area contributed by atoms with Crippen molar-refractivity contribution in [3.8, 4) is 11.3 Å². The van der Waals surface area contributed by atoms with Gasteiger partial charge in [0.2, 0.25) is 23.6 Å². The van der Waals surface area contributed by atoms with Crippen LogP contribution in [-0.4, -0.2) is 135 Å². The average molecular weight is 1180 g/mol. The summed E-state index contributed by atoms with van der Waals surface area (Å²) in [6.45, 7) is 8.67. The first-order valence-corrected chi connectivity index (χ1v) is 29.0. The van der Waals surface area contributed by atoms with Gasteiger partial charge in [-0.2, -0.15) is 11.8 Å². The van der Waals surface area contributed by atoms with Crippen LogP contribution < -0.4 is 27.0 Å². The van der Waals surface area contributed by atoms with Crippen LogP contribution in [0.5, 0.6) is 0 Å². The molecule has 9 amide bonds. The van der Waals surface area contributed by atoms with E-state index in [2.05, 4.69) is 21.3 Å². The quantitative estimate of drug-likeness (QED) is 0.0209. The molecule has 3 heterocycles. The molecule has 2 aliphatic rings. The van der Waals surface area contributed by atoms with Gasteiger partial charge in [-0.05, 0) is 96.9 Å². The number of primary amides is 1. The molecule has 83 heavy (non-hydrogen) atoms. The summed E-state index contributed by atoms with van der Waals surface area (Å²) in [5, 5.41) is 10.7. The molecule has 0 bridgehead atoms. The number of ether oxygens (including phenoxy) is 1. The number of rotatable bonds is 28. The first-order chi connectivity index (χ1) is 39.4. The molecule has 5 atom stereocenters. The largest absolute Gasteiger partial charge is 0.445 e. The molecule has 1 saturated heterocycles. The van der Waals surface area contributed by atoms with Crippen LogP contribution in [0.25, 0.3) is 11.3 Å². The summed E-state index contributed by atoms with van der Waals surface area (Å²) in [6, 6.07) is 11.4. The SMILES string of the molecule is CSCCC(=O)N(CC1CN(C(=O)OCc2ccc(NC(=O)C(CCCNC(N)=O)NC(=O)C(NC(=O)CCCCCN3C(=O)C=CC3=O)C(C)C)cc2)CC1F)C(c1nc(-c2cc(F)ccc2F)cn1Cc1cccc(F)c1)C(C)(C)C. The van der Waals surface area contributed by atoms with Gasteiger partial charge in [0.05, 0.1) is 18.3 Å². The number of urea groups is 1. The molecule has 5 unspecified atom stereocenters. The van der Waals surface area contributed by atoms with Gasteiger partial charge in [0.15, 0.2) is 0 Å². The van der Waals surface area contributed by atoms with Crippen LogP contribution in [-0.2, 0) is 46.7 Å². The Labute approximate surface area is 484 Å². The van der Waals surface area contributed by atoms with Gasteiger partial charge in [-0.1, -0.05) is 65.3 Å². The fourth-order valence-electron chi connectivity index (χ4n) is 9.88. The molecule has 6 N–H and O–H groups in total. The molecular formula is C59H74F4N10O9S. The molecular weight excluding hydrogens is 1100 g/mol. The minimum atomic E-state index is -1.58. The van der Waals surface area contributed by atoms with Crippen molar-refractivity contribution in [1.29, 1.82) is 0 Å². The van der Waals surface area contributed by atoms with E-state index in [4.69, 9.17) is 15.5 Å². The highest BCUT2D eigenvalue weighted by molar-refractivity contribution is 7.98. The summed E-state index contributed by atoms with van der Waals surface area (Å²) in [5.41, 5.74) is 5.74. The van der Waals surface area contributed by atoms with Gasteiger partial charge in [-0.3, -0.25) is 33.7 Å². The van der Waals surface area contributed by atoms with Crippen molar-refractivity contribution in [3.05, 3.63) is 119 Å². The Morgan fingerprint density at radius 2 is 1.57 bits per heavy atom. The summed E-state index contributed by atoms with van der Waals surface area (Å²) in [4.78, 5) is 112. The maximum Gasteiger partial charge on any atom is 0.410 e. The standard InChI is InChI=1S/C59H74F4N10O9S/c1-36(2)52(69-48(74)15-8-7-9-26-72-49(75)22-23-50(72)76)56(79)68-46(14-11-25-65-57(64)80)55(78)66-42-19-16-37(17-20-42)35-82-58(81)71-31-39(45(63)33-71)32-73(51(77)24-27-83-6)53(59(3,4)5)54-67-47(43-29-41(61)18-21-44(43)62)34-70(54)30-38-12-10-13-40(60)28-38/h10,12-13,16-23,28-29,34,36,39,45-46,52-53H,7-9,11,14-15,24-27,30-33,35H2,1-6H3,(H,66,78)(H,68,79)(H,69,74)(H3,64,65,80). The molecule has 0 radical (unpaired) electrons. The molecule has 0 spiro atoms. The van der Waals surface area contributed by atoms with E-state index < -0.39 is 82.9 Å². The lowest BCUT2D eigenvalue weighted by atomic mass is 9.84. The normalized spacial score (nSPS) is 16.2. The number of nitrogens with one attached hydrogen (secondary N) is 4. The Morgan fingerprint density at radius 1 is 0.855 bits per heavy atom. The number of imide groups is 1. The fraction of sp³-hybridized carbons (Fsp3) is 0.475. The van der Waals surface area contributed by atoms with Crippen LogP contribution >= 0.6 is 11.8 Å². The summed E-state index contributed by atoms with van der Waals surface area (Å²) >= 11 is 1.45. The summed E-state index contributed by atoms with van der Waals surface area (Å²) in [5.74, 6) is -5.14. The third-order valence-corrected chi connectivity index (χ3v) is 14.8. The van der Waals surface area contributed by atoms with E-state index in [1.165, 1.54) is 47.1 Å². The van der Waals surface area contributed by atoms with E-state index in [0.717, 1.165) is 23.1 Å². The number of thioether (sulfide) groups is 1. The van der Waals surface area contributed by atoms with E-state index in [-0.39, 0.29) is 112 Å². The number of carbonyl (C=O) groups excluding carboxylic acids is 8. The molecule has 448 valence electrons. The first-order valence-electron chi connectivity index (χ1n) is 27.6. The van der Waals surface area contributed by atoms with Gasteiger partial charge in [0.25, 0.3) is 11.8 Å². The van der Waals surface area contributed by atoms with Crippen LogP contribution in [0, 0.1) is 34.7 Å². The third-order valence-electron chi connectivity index (χ3n) is 14.2. The second-order valence-electron chi connectivity index (χ2n) is 22.1. The number of likely N-dealkylation sites (tertiary alicyclic amines) is 1. The van der Waals surface area contributed by atoms with E-state index >= 15 is 8.78 Å². The van der Waals surface area contributed by atoms with E-state index in [0.29, 0.717) is 41.8 Å². The van der Waals surface area contributed by atoms with E-state index in [1.54, 1.807) is 59.7 Å². The number of imidazole rings is 1. The molecule has 3 aromatic carbocycles. The minimum Gasteiger partial charge on any atom is -0.445 e. The zero-order chi connectivity index (χ0) is 60.5. The number of aromatic nitrogens is 2. The number of hydrogen-bond donors (Lipinski definition) is 5. The third kappa shape index (κ3) is 18.6. The smallest absolute Gasteiger partial charge is 0.410 e. The lowest BCUT2D eigenvalue weighted by Gasteiger charge is -2.41. The van der Waals surface area contributed by atoms with Crippen molar-refractivity contribution in [2.45, 2.75) is 117 Å². The van der Waals surface area contributed by atoms with Crippen LogP contribution in [0.1, 0.15) is 103 Å². The molecule has 6 rings (SSSR count). The Balaban J connectivity index is 1.09. The van der Waals surface area contributed by atoms with Crippen LogP contribution in [0.4, 0.5) is 32.8 Å². The zero-order valence-electron chi connectivity index (χ0n) is 47.6. The maximum absolute atomic E-state index is 16.3. The topological polar surface area (TPSA) is 247 Å². The van der Waals surface area contributed by atoms with Crippen LogP contribution in [0.15, 0.2) is 85.1 Å². The van der Waals surface area contributed by atoms with Gasteiger partial charge in [-0.15, -0.1) is 0 Å². The van der Waals surface area contributed by atoms with Gasteiger partial charge in [0.1, 0.15) is 48.1 Å². The molecule has 1 fully saturated rings. The van der Waals surface area contributed by atoms with Gasteiger partial charge < -0.3 is 46.1 Å². The number of amides is 9. The minimum absolute atomic E-state index is 0.0464. The highest BCUT2D eigenvalue weighted by Gasteiger charge is 2.44. The van der Waals surface area contributed by atoms with Crippen molar-refractivity contribution in [2.24, 2.45) is 23.0 Å². The Kier molecular flexibility index (Phi) is 23.3. The highest BCUT2D eigenvalue weighted by Crippen LogP contribution is 2.41. The van der Waals surface area contributed by atoms with Gasteiger partial charge in [0, 0.05) is 86.8 Å². The Bertz CT molecular complexity index is 2970. The lowest BCUT2D eigenvalue weighted by Crippen LogP contribution is -2.54. The van der Waals surface area contributed by atoms with Crippen molar-refractivity contribution < 1.29 is 60.7 Å². The van der Waals surface area contributed by atoms with Crippen molar-refractivity contribution in [3.63, 3.8) is 0 Å². The number of carbonyl (C=O) groups is 8. The first kappa shape index (κ1) is 64.4. The number of benzene rings is 3. The lowest BCUT2D eigenvalue weighted by molar-refractivity contribution is -0.138. The number of hydrogen-bond acceptors (Lipinski definition) is 11. The highest BCUT2D eigenvalue weighted by atomic mass is 32.2. The Hall–Kier alpha value is -7.76. The number of anilines is 1. The molecule has 24 heteroatoms. The number of nitrogens with zero attached hydrogens (tertiary/aromatic N) is 5. The molecule has 2 aliphatic heterocycles. The zero-order valence-corrected chi connectivity index (χ0v) is 48.4. The molecule has 0 saturated carbocycles. The average Bonchev–Trinajstić information content (AvgIpc) is 4.23. The maximum atomic E-state index is 16.3. The number of unbranched alkanes of at least 4 members (excludes halogenated alkanes) is 2. The summed E-state index contributed by atoms with van der Waals surface area (Å²) in [7, 11) is 0. The fourth-order valence-corrected chi connectivity index (χ4v) is 10.3. The number of halogens is 4. The van der Waals surface area contributed by atoms with E-state index in [1.807, 2.05) is 27.0 Å². The summed E-state index contributed by atoms with van der Waals surface area (Å²) < 4.78 is 68.0. The second kappa shape index (κ2) is 30.0. The van der Waals surface area contributed by atoms with Crippen molar-refractivity contribution in [2.75, 3.05) is 50.0 Å². The second-order valence-corrected chi connectivity index (χ2v) is 23.1. The van der Waals surface area contributed by atoms with Crippen LogP contribution in [0.2, 0.25) is 0 Å².